The number of rotatable bonds is 3. The van der Waals surface area contributed by atoms with E-state index in [1.807, 2.05) is 0 Å². The Morgan fingerprint density at radius 2 is 2.10 bits per heavy atom. The Morgan fingerprint density at radius 1 is 1.40 bits per heavy atom. The summed E-state index contributed by atoms with van der Waals surface area (Å²) in [6.07, 6.45) is 1.88. The largest absolute Gasteiger partial charge is 0.385 e. The molecule has 3 unspecified atom stereocenters. The number of aryl methyl sites for hydroxylation is 1. The molecule has 0 aliphatic heterocycles. The zero-order chi connectivity index (χ0) is 14.9. The number of aliphatic hydroxyl groups is 1. The molecule has 1 aliphatic rings. The smallest absolute Gasteiger partial charge is 0.134 e. The van der Waals surface area contributed by atoms with Crippen LogP contribution in [0, 0.1) is 24.5 Å². The Balaban J connectivity index is 2.43. The molecule has 0 amide bonds. The molecule has 0 saturated heterocycles. The molecule has 2 rings (SSSR count). The van der Waals surface area contributed by atoms with Gasteiger partial charge >= 0.3 is 0 Å². The van der Waals surface area contributed by atoms with Gasteiger partial charge in [-0.1, -0.05) is 25.8 Å². The molecule has 0 bridgehead atoms. The van der Waals surface area contributed by atoms with Crippen molar-refractivity contribution in [1.82, 2.24) is 0 Å². The van der Waals surface area contributed by atoms with Gasteiger partial charge in [-0.05, 0) is 37.3 Å². The van der Waals surface area contributed by atoms with Crippen LogP contribution in [0.4, 0.5) is 8.78 Å². The van der Waals surface area contributed by atoms with E-state index in [4.69, 9.17) is 4.74 Å². The van der Waals surface area contributed by atoms with Gasteiger partial charge in [-0.25, -0.2) is 8.78 Å². The first-order chi connectivity index (χ1) is 9.41. The molecule has 1 fully saturated rings. The normalized spacial score (nSPS) is 28.4. The molecule has 1 aromatic rings. The van der Waals surface area contributed by atoms with Gasteiger partial charge in [-0.15, -0.1) is 0 Å². The van der Waals surface area contributed by atoms with Crippen LogP contribution in [0.3, 0.4) is 0 Å². The average Bonchev–Trinajstić information content (AvgIpc) is 2.43. The molecule has 0 radical (unpaired) electrons. The van der Waals surface area contributed by atoms with Crippen LogP contribution in [0.15, 0.2) is 12.1 Å². The highest BCUT2D eigenvalue weighted by atomic mass is 19.1. The van der Waals surface area contributed by atoms with Crippen LogP contribution in [-0.2, 0) is 4.74 Å². The highest BCUT2D eigenvalue weighted by molar-refractivity contribution is 5.30. The van der Waals surface area contributed by atoms with E-state index >= 15 is 0 Å². The number of ether oxygens (including phenoxy) is 1. The van der Waals surface area contributed by atoms with Crippen LogP contribution in [0.1, 0.15) is 49.8 Å². The van der Waals surface area contributed by atoms with Crippen LogP contribution in [0.5, 0.6) is 0 Å². The predicted molar refractivity (Wildman–Crippen MR) is 73.4 cm³/mol. The molecule has 4 heteroatoms. The third kappa shape index (κ3) is 2.59. The van der Waals surface area contributed by atoms with Crippen LogP contribution in [0.25, 0.3) is 0 Å². The van der Waals surface area contributed by atoms with E-state index in [9.17, 15) is 13.9 Å². The second-order valence-electron chi connectivity index (χ2n) is 5.96. The van der Waals surface area contributed by atoms with E-state index in [0.717, 1.165) is 12.8 Å². The van der Waals surface area contributed by atoms with Crippen molar-refractivity contribution in [2.75, 3.05) is 7.11 Å². The molecular weight excluding hydrogens is 262 g/mol. The lowest BCUT2D eigenvalue weighted by molar-refractivity contribution is -0.136. The Hall–Kier alpha value is -1.00. The lowest BCUT2D eigenvalue weighted by Crippen LogP contribution is -2.43. The number of hydrogen-bond donors (Lipinski definition) is 1. The number of aliphatic hydroxyl groups excluding tert-OH is 1. The Morgan fingerprint density at radius 3 is 2.70 bits per heavy atom. The number of hydrogen-bond acceptors (Lipinski definition) is 2. The first-order valence-electron chi connectivity index (χ1n) is 7.09. The summed E-state index contributed by atoms with van der Waals surface area (Å²) in [5.74, 6) is -1.02. The summed E-state index contributed by atoms with van der Waals surface area (Å²) in [6.45, 7) is 3.64. The van der Waals surface area contributed by atoms with Crippen molar-refractivity contribution in [2.24, 2.45) is 5.92 Å². The quantitative estimate of drug-likeness (QED) is 0.912. The molecule has 1 aromatic carbocycles. The van der Waals surface area contributed by atoms with Crippen molar-refractivity contribution in [1.29, 1.82) is 0 Å². The maximum atomic E-state index is 14.2. The second kappa shape index (κ2) is 5.78. The second-order valence-corrected chi connectivity index (χ2v) is 5.96. The van der Waals surface area contributed by atoms with Crippen molar-refractivity contribution in [3.05, 3.63) is 34.9 Å². The molecule has 0 aromatic heterocycles. The molecule has 112 valence electrons. The van der Waals surface area contributed by atoms with Crippen LogP contribution < -0.4 is 0 Å². The fourth-order valence-corrected chi connectivity index (χ4v) is 3.28. The molecular formula is C16H22F2O2. The molecule has 2 nitrogen and oxygen atoms in total. The molecule has 3 atom stereocenters. The van der Waals surface area contributed by atoms with E-state index in [2.05, 4.69) is 6.92 Å². The van der Waals surface area contributed by atoms with Crippen molar-refractivity contribution in [2.45, 2.75) is 51.2 Å². The lowest BCUT2D eigenvalue weighted by Gasteiger charge is -2.42. The minimum atomic E-state index is -1.28. The third-order valence-corrected chi connectivity index (χ3v) is 4.49. The SMILES string of the molecule is COC1(C(O)c2c(F)ccc(C)c2F)CCCC(C)C1. The molecule has 1 saturated carbocycles. The fraction of sp³-hybridized carbons (Fsp3) is 0.625. The minimum absolute atomic E-state index is 0.263. The summed E-state index contributed by atoms with van der Waals surface area (Å²) < 4.78 is 33.7. The van der Waals surface area contributed by atoms with Crippen molar-refractivity contribution < 1.29 is 18.6 Å². The van der Waals surface area contributed by atoms with Crippen molar-refractivity contribution in [3.63, 3.8) is 0 Å². The number of methoxy groups -OCH3 is 1. The minimum Gasteiger partial charge on any atom is -0.385 e. The zero-order valence-corrected chi connectivity index (χ0v) is 12.2. The van der Waals surface area contributed by atoms with Crippen LogP contribution in [-0.4, -0.2) is 17.8 Å². The maximum Gasteiger partial charge on any atom is 0.134 e. The standard InChI is InChI=1S/C16H22F2O2/c1-10-5-4-8-16(9-10,20-3)15(19)13-12(17)7-6-11(2)14(13)18/h6-7,10,15,19H,4-5,8-9H2,1-3H3. The van der Waals surface area contributed by atoms with E-state index in [1.54, 1.807) is 6.92 Å². The topological polar surface area (TPSA) is 29.5 Å². The first-order valence-corrected chi connectivity index (χ1v) is 7.09. The van der Waals surface area contributed by atoms with Gasteiger partial charge in [0.1, 0.15) is 17.7 Å². The predicted octanol–water partition coefficient (Wildman–Crippen LogP) is 3.90. The Kier molecular flexibility index (Phi) is 4.45. The van der Waals surface area contributed by atoms with E-state index in [0.29, 0.717) is 24.3 Å². The molecule has 20 heavy (non-hydrogen) atoms. The molecule has 0 heterocycles. The highest BCUT2D eigenvalue weighted by Crippen LogP contribution is 2.44. The van der Waals surface area contributed by atoms with Crippen LogP contribution in [0.2, 0.25) is 0 Å². The zero-order valence-electron chi connectivity index (χ0n) is 12.2. The van der Waals surface area contributed by atoms with Gasteiger partial charge in [0.05, 0.1) is 11.2 Å². The monoisotopic (exact) mass is 284 g/mol. The van der Waals surface area contributed by atoms with Gasteiger partial charge in [0, 0.05) is 7.11 Å². The Labute approximate surface area is 118 Å². The number of halogens is 2. The molecule has 1 aliphatic carbocycles. The van der Waals surface area contributed by atoms with Gasteiger partial charge in [0.25, 0.3) is 0 Å². The average molecular weight is 284 g/mol. The maximum absolute atomic E-state index is 14.2. The summed E-state index contributed by atoms with van der Waals surface area (Å²) in [7, 11) is 1.51. The summed E-state index contributed by atoms with van der Waals surface area (Å²) in [5.41, 5.74) is -0.829. The van der Waals surface area contributed by atoms with Gasteiger partial charge in [-0.3, -0.25) is 0 Å². The van der Waals surface area contributed by atoms with Crippen molar-refractivity contribution in [3.8, 4) is 0 Å². The fourth-order valence-electron chi connectivity index (χ4n) is 3.28. The third-order valence-electron chi connectivity index (χ3n) is 4.49. The van der Waals surface area contributed by atoms with Crippen LogP contribution >= 0.6 is 0 Å². The molecule has 0 spiro atoms. The summed E-state index contributed by atoms with van der Waals surface area (Å²) in [4.78, 5) is 0. The molecule has 1 N–H and O–H groups in total. The highest BCUT2D eigenvalue weighted by Gasteiger charge is 2.44. The van der Waals surface area contributed by atoms with Gasteiger partial charge < -0.3 is 9.84 Å². The lowest BCUT2D eigenvalue weighted by atomic mass is 9.73. The van der Waals surface area contributed by atoms with E-state index in [-0.39, 0.29) is 5.56 Å². The van der Waals surface area contributed by atoms with Crippen molar-refractivity contribution >= 4 is 0 Å². The summed E-state index contributed by atoms with van der Waals surface area (Å²) in [6, 6.07) is 2.58. The number of benzene rings is 1. The summed E-state index contributed by atoms with van der Waals surface area (Å²) in [5, 5.41) is 10.6. The summed E-state index contributed by atoms with van der Waals surface area (Å²) >= 11 is 0. The van der Waals surface area contributed by atoms with Gasteiger partial charge in [0.15, 0.2) is 0 Å². The van der Waals surface area contributed by atoms with E-state index in [1.165, 1.54) is 19.2 Å². The van der Waals surface area contributed by atoms with Gasteiger partial charge in [-0.2, -0.15) is 0 Å². The first kappa shape index (κ1) is 15.4. The Bertz CT molecular complexity index is 490. The van der Waals surface area contributed by atoms with Gasteiger partial charge in [0.2, 0.25) is 0 Å². The van der Waals surface area contributed by atoms with E-state index < -0.39 is 23.3 Å².